The average Bonchev–Trinajstić information content (AvgIpc) is 3.44. The first-order valence-corrected chi connectivity index (χ1v) is 9.22. The summed E-state index contributed by atoms with van der Waals surface area (Å²) in [7, 11) is 0. The number of ketones is 1. The molecule has 1 aromatic heterocycles. The molecule has 1 aliphatic rings. The summed E-state index contributed by atoms with van der Waals surface area (Å²) in [6.45, 7) is 0. The first kappa shape index (κ1) is 16.7. The van der Waals surface area contributed by atoms with Crippen molar-refractivity contribution in [3.8, 4) is 11.5 Å². The van der Waals surface area contributed by atoms with Gasteiger partial charge in [0.25, 0.3) is 5.56 Å². The Kier molecular flexibility index (Phi) is 4.16. The molecule has 132 valence electrons. The number of aromatic nitrogens is 2. The minimum atomic E-state index is -0.294. The number of nitrogens with zero attached hydrogens (tertiary/aromatic N) is 2. The van der Waals surface area contributed by atoms with Gasteiger partial charge in [0.2, 0.25) is 0 Å². The third kappa shape index (κ3) is 3.06. The maximum Gasteiger partial charge on any atom is 0.262 e. The Morgan fingerprint density at radius 2 is 1.96 bits per heavy atom. The van der Waals surface area contributed by atoms with Crippen LogP contribution in [0.25, 0.3) is 10.9 Å². The summed E-state index contributed by atoms with van der Waals surface area (Å²) in [5.41, 5.74) is 0.661. The summed E-state index contributed by atoms with van der Waals surface area (Å²) in [6, 6.07) is 11.2. The molecule has 2 N–H and O–H groups in total. The van der Waals surface area contributed by atoms with Gasteiger partial charge in [-0.3, -0.25) is 14.2 Å². The van der Waals surface area contributed by atoms with Gasteiger partial charge >= 0.3 is 0 Å². The molecular weight excluding hydrogens is 352 g/mol. The van der Waals surface area contributed by atoms with E-state index in [4.69, 9.17) is 0 Å². The molecule has 0 aliphatic heterocycles. The molecule has 6 nitrogen and oxygen atoms in total. The van der Waals surface area contributed by atoms with Crippen molar-refractivity contribution in [1.29, 1.82) is 0 Å². The molecular formula is C19H16N2O4S. The van der Waals surface area contributed by atoms with E-state index in [-0.39, 0.29) is 40.2 Å². The van der Waals surface area contributed by atoms with Crippen molar-refractivity contribution >= 4 is 28.4 Å². The Morgan fingerprint density at radius 1 is 1.19 bits per heavy atom. The van der Waals surface area contributed by atoms with Crippen LogP contribution in [0.15, 0.2) is 52.4 Å². The molecule has 1 heterocycles. The number of phenols is 2. The van der Waals surface area contributed by atoms with Gasteiger partial charge in [0.05, 0.1) is 22.2 Å². The number of Topliss-reactive ketones (excluding diaryl/α,β-unsaturated/α-hetero) is 1. The van der Waals surface area contributed by atoms with Crippen LogP contribution in [0.2, 0.25) is 0 Å². The van der Waals surface area contributed by atoms with E-state index in [2.05, 4.69) is 4.98 Å². The van der Waals surface area contributed by atoms with Crippen LogP contribution in [0.4, 0.5) is 0 Å². The normalized spacial score (nSPS) is 13.8. The van der Waals surface area contributed by atoms with E-state index in [1.165, 1.54) is 23.9 Å². The molecule has 26 heavy (non-hydrogen) atoms. The molecule has 0 unspecified atom stereocenters. The van der Waals surface area contributed by atoms with E-state index in [1.54, 1.807) is 16.7 Å². The number of hydrogen-bond donors (Lipinski definition) is 2. The standard InChI is InChI=1S/C19H16N2O4S/c22-12-7-8-14(16(23)9-12)17(24)10-26-19-20-15-4-2-1-3-13(15)18(25)21(19)11-5-6-11/h1-4,7-9,11,22-23H,5-6,10H2. The summed E-state index contributed by atoms with van der Waals surface area (Å²) in [4.78, 5) is 29.8. The molecule has 0 saturated heterocycles. The summed E-state index contributed by atoms with van der Waals surface area (Å²) in [6.07, 6.45) is 1.86. The lowest BCUT2D eigenvalue weighted by atomic mass is 10.1. The molecule has 0 amide bonds. The van der Waals surface area contributed by atoms with Crippen molar-refractivity contribution in [3.63, 3.8) is 0 Å². The summed E-state index contributed by atoms with van der Waals surface area (Å²) >= 11 is 1.19. The Morgan fingerprint density at radius 3 is 2.69 bits per heavy atom. The van der Waals surface area contributed by atoms with Crippen LogP contribution < -0.4 is 5.56 Å². The summed E-state index contributed by atoms with van der Waals surface area (Å²) in [5.74, 6) is -0.625. The van der Waals surface area contributed by atoms with Gasteiger partial charge in [0.1, 0.15) is 11.5 Å². The quantitative estimate of drug-likeness (QED) is 0.408. The lowest BCUT2D eigenvalue weighted by Crippen LogP contribution is -2.22. The van der Waals surface area contributed by atoms with Gasteiger partial charge in [-0.05, 0) is 37.1 Å². The zero-order chi connectivity index (χ0) is 18.3. The number of phenolic OH excluding ortho intramolecular Hbond substituents is 2. The van der Waals surface area contributed by atoms with Crippen molar-refractivity contribution in [2.45, 2.75) is 24.0 Å². The van der Waals surface area contributed by atoms with Crippen molar-refractivity contribution in [3.05, 3.63) is 58.4 Å². The van der Waals surface area contributed by atoms with Crippen LogP contribution in [0, 0.1) is 0 Å². The van der Waals surface area contributed by atoms with Crippen molar-refractivity contribution in [2.75, 3.05) is 5.75 Å². The Labute approximate surface area is 153 Å². The fraction of sp³-hybridized carbons (Fsp3) is 0.211. The largest absolute Gasteiger partial charge is 0.508 e. The average molecular weight is 368 g/mol. The maximum atomic E-state index is 12.8. The van der Waals surface area contributed by atoms with Crippen LogP contribution in [0.5, 0.6) is 11.5 Å². The molecule has 0 atom stereocenters. The van der Waals surface area contributed by atoms with Crippen LogP contribution >= 0.6 is 11.8 Å². The zero-order valence-corrected chi connectivity index (χ0v) is 14.6. The molecule has 0 radical (unpaired) electrons. The number of fused-ring (bicyclic) bond motifs is 1. The number of carbonyl (C=O) groups is 1. The van der Waals surface area contributed by atoms with Gasteiger partial charge in [-0.25, -0.2) is 4.98 Å². The highest BCUT2D eigenvalue weighted by molar-refractivity contribution is 7.99. The molecule has 4 rings (SSSR count). The van der Waals surface area contributed by atoms with E-state index in [0.29, 0.717) is 16.1 Å². The highest BCUT2D eigenvalue weighted by atomic mass is 32.2. The minimum absolute atomic E-state index is 0.0375. The van der Waals surface area contributed by atoms with Crippen molar-refractivity contribution in [2.24, 2.45) is 0 Å². The molecule has 1 aliphatic carbocycles. The second kappa shape index (κ2) is 6.49. The fourth-order valence-electron chi connectivity index (χ4n) is 2.85. The van der Waals surface area contributed by atoms with Crippen LogP contribution in [0.1, 0.15) is 29.2 Å². The summed E-state index contributed by atoms with van der Waals surface area (Å²) in [5, 5.41) is 20.3. The van der Waals surface area contributed by atoms with Gasteiger partial charge < -0.3 is 10.2 Å². The van der Waals surface area contributed by atoms with Crippen LogP contribution in [0.3, 0.4) is 0 Å². The van der Waals surface area contributed by atoms with Crippen molar-refractivity contribution < 1.29 is 15.0 Å². The number of rotatable bonds is 5. The van der Waals surface area contributed by atoms with Crippen LogP contribution in [-0.2, 0) is 0 Å². The highest BCUT2D eigenvalue weighted by Crippen LogP contribution is 2.37. The third-order valence-corrected chi connectivity index (χ3v) is 5.25. The minimum Gasteiger partial charge on any atom is -0.508 e. The van der Waals surface area contributed by atoms with E-state index < -0.39 is 0 Å². The van der Waals surface area contributed by atoms with E-state index in [9.17, 15) is 19.8 Å². The predicted molar refractivity (Wildman–Crippen MR) is 99.1 cm³/mol. The molecule has 0 bridgehead atoms. The number of thioether (sulfide) groups is 1. The Hall–Kier alpha value is -2.80. The lowest BCUT2D eigenvalue weighted by Gasteiger charge is -2.12. The molecule has 1 fully saturated rings. The smallest absolute Gasteiger partial charge is 0.262 e. The number of hydrogen-bond acceptors (Lipinski definition) is 6. The van der Waals surface area contributed by atoms with Crippen LogP contribution in [-0.4, -0.2) is 31.3 Å². The molecule has 3 aromatic rings. The van der Waals surface area contributed by atoms with E-state index in [1.807, 2.05) is 12.1 Å². The van der Waals surface area contributed by atoms with Gasteiger partial charge in [0.15, 0.2) is 10.9 Å². The number of para-hydroxylation sites is 1. The number of carbonyl (C=O) groups excluding carboxylic acids is 1. The predicted octanol–water partition coefficient (Wildman–Crippen LogP) is 3.12. The van der Waals surface area contributed by atoms with Crippen molar-refractivity contribution in [1.82, 2.24) is 9.55 Å². The molecule has 0 spiro atoms. The maximum absolute atomic E-state index is 12.8. The summed E-state index contributed by atoms with van der Waals surface area (Å²) < 4.78 is 1.68. The zero-order valence-electron chi connectivity index (χ0n) is 13.8. The monoisotopic (exact) mass is 368 g/mol. The van der Waals surface area contributed by atoms with Gasteiger partial charge in [0, 0.05) is 12.1 Å². The first-order valence-electron chi connectivity index (χ1n) is 8.24. The second-order valence-electron chi connectivity index (χ2n) is 6.23. The van der Waals surface area contributed by atoms with E-state index >= 15 is 0 Å². The molecule has 7 heteroatoms. The molecule has 2 aromatic carbocycles. The number of aromatic hydroxyl groups is 2. The Bertz CT molecular complexity index is 1070. The first-order chi connectivity index (χ1) is 12.5. The SMILES string of the molecule is O=C(CSc1nc2ccccc2c(=O)n1C1CC1)c1ccc(O)cc1O. The van der Waals surface area contributed by atoms with E-state index in [0.717, 1.165) is 18.9 Å². The topological polar surface area (TPSA) is 92.4 Å². The fourth-order valence-corrected chi connectivity index (χ4v) is 3.80. The lowest BCUT2D eigenvalue weighted by molar-refractivity contribution is 0.102. The third-order valence-electron chi connectivity index (χ3n) is 4.30. The number of benzene rings is 2. The van der Waals surface area contributed by atoms with Gasteiger partial charge in [-0.2, -0.15) is 0 Å². The van der Waals surface area contributed by atoms with Gasteiger partial charge in [-0.1, -0.05) is 23.9 Å². The Balaban J connectivity index is 1.65. The molecule has 1 saturated carbocycles. The highest BCUT2D eigenvalue weighted by Gasteiger charge is 2.29. The van der Waals surface area contributed by atoms with Gasteiger partial charge in [-0.15, -0.1) is 0 Å². The second-order valence-corrected chi connectivity index (χ2v) is 7.17.